The molecule has 8 aromatic carbocycles. The summed E-state index contributed by atoms with van der Waals surface area (Å²) in [5.74, 6) is 1.90. The quantitative estimate of drug-likeness (QED) is 0.120. The molecule has 0 aliphatic heterocycles. The van der Waals surface area contributed by atoms with Crippen molar-refractivity contribution in [2.45, 2.75) is 182 Å². The lowest BCUT2D eigenvalue weighted by Crippen LogP contribution is -2.19. The SMILES string of the molecule is CC.CC.CC.CCCC.CCCOC.CCCOC.COC.COC.COc1ccc(C(C)(C)c2ccc(C)c(C)c2)cc1C.COc1ccc(C(C)(C)c2ccc(C)c(C)c2)cc1C.Cc1ccccc1.[B].[B].c1ccccc1.c1ccccc1.c1ccccc1. The molecular weight excluding hydrogens is 1140 g/mol. The Labute approximate surface area is 579 Å². The smallest absolute Gasteiger partial charge is 0.121 e. The second kappa shape index (κ2) is 72.8. The number of rotatable bonds is 11. The van der Waals surface area contributed by atoms with Crippen LogP contribution in [0.1, 0.15) is 184 Å². The predicted octanol–water partition coefficient (Wildman–Crippen LogP) is 23.7. The third kappa shape index (κ3) is 54.4. The number of unbranched alkanes of at least 4 members (excludes halogenated alkanes) is 1. The van der Waals surface area contributed by atoms with Crippen molar-refractivity contribution in [1.82, 2.24) is 0 Å². The van der Waals surface area contributed by atoms with Crippen molar-refractivity contribution in [2.24, 2.45) is 0 Å². The molecule has 516 valence electrons. The molecule has 0 saturated heterocycles. The highest BCUT2D eigenvalue weighted by Crippen LogP contribution is 2.36. The van der Waals surface area contributed by atoms with E-state index in [2.05, 4.69) is 198 Å². The molecule has 8 heteroatoms. The van der Waals surface area contributed by atoms with Crippen molar-refractivity contribution >= 4 is 16.8 Å². The number of benzene rings is 8. The van der Waals surface area contributed by atoms with Crippen LogP contribution in [-0.2, 0) is 29.8 Å². The van der Waals surface area contributed by atoms with Gasteiger partial charge in [-0.05, 0) is 129 Å². The molecule has 0 atom stereocenters. The first-order valence-electron chi connectivity index (χ1n) is 32.9. The Morgan fingerprint density at radius 1 is 0.269 bits per heavy atom. The molecule has 0 heterocycles. The molecule has 0 amide bonds. The molecule has 0 fully saturated rings. The van der Waals surface area contributed by atoms with Gasteiger partial charge in [-0.1, -0.05) is 316 Å². The van der Waals surface area contributed by atoms with Crippen molar-refractivity contribution in [2.75, 3.05) is 70.1 Å². The normalized spacial score (nSPS) is 8.96. The first kappa shape index (κ1) is 102. The number of hydrogen-bond donors (Lipinski definition) is 0. The van der Waals surface area contributed by atoms with Crippen LogP contribution in [-0.4, -0.2) is 86.9 Å². The number of ether oxygens (including phenoxy) is 6. The van der Waals surface area contributed by atoms with Crippen LogP contribution in [0, 0.1) is 48.5 Å². The van der Waals surface area contributed by atoms with E-state index in [1.54, 1.807) is 56.9 Å². The topological polar surface area (TPSA) is 55.4 Å². The van der Waals surface area contributed by atoms with Crippen molar-refractivity contribution < 1.29 is 28.4 Å². The number of aryl methyl sites for hydroxylation is 7. The maximum atomic E-state index is 5.35. The lowest BCUT2D eigenvalue weighted by molar-refractivity contribution is 0.199. The molecule has 0 aliphatic carbocycles. The summed E-state index contributed by atoms with van der Waals surface area (Å²) in [4.78, 5) is 0. The van der Waals surface area contributed by atoms with Crippen molar-refractivity contribution in [3.63, 3.8) is 0 Å². The van der Waals surface area contributed by atoms with Crippen LogP contribution in [0.4, 0.5) is 0 Å². The van der Waals surface area contributed by atoms with E-state index in [9.17, 15) is 0 Å². The van der Waals surface area contributed by atoms with Crippen LogP contribution in [0.25, 0.3) is 0 Å². The number of methoxy groups -OCH3 is 6. The summed E-state index contributed by atoms with van der Waals surface area (Å²) < 4.78 is 28.6. The average Bonchev–Trinajstić information content (AvgIpc) is 0.809. The highest BCUT2D eigenvalue weighted by atomic mass is 16.5. The summed E-state index contributed by atoms with van der Waals surface area (Å²) >= 11 is 0. The molecule has 6 radical (unpaired) electrons. The summed E-state index contributed by atoms with van der Waals surface area (Å²) in [6.07, 6.45) is 4.88. The minimum absolute atomic E-state index is 0. The Morgan fingerprint density at radius 2 is 0.473 bits per heavy atom. The van der Waals surface area contributed by atoms with E-state index in [0.29, 0.717) is 0 Å². The maximum absolute atomic E-state index is 5.35. The molecular formula is C85H134B2O6. The molecule has 0 unspecified atom stereocenters. The summed E-state index contributed by atoms with van der Waals surface area (Å²) in [6.45, 7) is 46.4. The van der Waals surface area contributed by atoms with Gasteiger partial charge in [0.05, 0.1) is 14.2 Å². The fraction of sp³-hybridized carbons (Fsp3) is 0.435. The van der Waals surface area contributed by atoms with E-state index in [1.165, 1.54) is 74.0 Å². The Morgan fingerprint density at radius 3 is 0.613 bits per heavy atom. The van der Waals surface area contributed by atoms with Crippen molar-refractivity contribution in [3.8, 4) is 11.5 Å². The van der Waals surface area contributed by atoms with Gasteiger partial charge in [0, 0.05) is 83.5 Å². The van der Waals surface area contributed by atoms with Gasteiger partial charge >= 0.3 is 0 Å². The Bertz CT molecular complexity index is 2430. The fourth-order valence-corrected chi connectivity index (χ4v) is 7.23. The van der Waals surface area contributed by atoms with Crippen LogP contribution in [0.5, 0.6) is 11.5 Å². The van der Waals surface area contributed by atoms with E-state index in [4.69, 9.17) is 18.9 Å². The minimum Gasteiger partial charge on any atom is -0.496 e. The van der Waals surface area contributed by atoms with Gasteiger partial charge in [0.15, 0.2) is 0 Å². The minimum atomic E-state index is -0.00447. The maximum Gasteiger partial charge on any atom is 0.121 e. The zero-order chi connectivity index (χ0) is 70.7. The molecule has 6 nitrogen and oxygen atoms in total. The third-order valence-corrected chi connectivity index (χ3v) is 12.9. The van der Waals surface area contributed by atoms with E-state index in [-0.39, 0.29) is 27.7 Å². The molecule has 0 spiro atoms. The fourth-order valence-electron chi connectivity index (χ4n) is 7.23. The summed E-state index contributed by atoms with van der Waals surface area (Å²) in [7, 11) is 13.4. The second-order valence-corrected chi connectivity index (χ2v) is 21.1. The van der Waals surface area contributed by atoms with Gasteiger partial charge in [0.2, 0.25) is 0 Å². The zero-order valence-electron chi connectivity index (χ0n) is 64.6. The zero-order valence-corrected chi connectivity index (χ0v) is 64.6. The largest absolute Gasteiger partial charge is 0.496 e. The Balaban J connectivity index is -0.000000151. The lowest BCUT2D eigenvalue weighted by Gasteiger charge is -2.27. The summed E-state index contributed by atoms with van der Waals surface area (Å²) in [6, 6.07) is 72.7. The van der Waals surface area contributed by atoms with Gasteiger partial charge in [-0.3, -0.25) is 0 Å². The highest BCUT2D eigenvalue weighted by molar-refractivity contribution is 5.76. The van der Waals surface area contributed by atoms with E-state index in [1.807, 2.05) is 169 Å². The molecule has 0 bridgehead atoms. The highest BCUT2D eigenvalue weighted by Gasteiger charge is 2.25. The summed E-state index contributed by atoms with van der Waals surface area (Å²) in [5, 5.41) is 0. The molecule has 0 aromatic heterocycles. The number of hydrogen-bond acceptors (Lipinski definition) is 6. The average molecular weight is 1270 g/mol. The van der Waals surface area contributed by atoms with Gasteiger partial charge in [0.25, 0.3) is 0 Å². The van der Waals surface area contributed by atoms with Crippen LogP contribution >= 0.6 is 0 Å². The molecule has 0 saturated carbocycles. The third-order valence-electron chi connectivity index (χ3n) is 12.9. The van der Waals surface area contributed by atoms with Gasteiger partial charge in [-0.15, -0.1) is 0 Å². The molecule has 0 aliphatic rings. The monoisotopic (exact) mass is 1270 g/mol. The van der Waals surface area contributed by atoms with E-state index < -0.39 is 0 Å². The van der Waals surface area contributed by atoms with Gasteiger partial charge in [0.1, 0.15) is 11.5 Å². The standard InChI is InChI=1S/2C19H24O.C7H8.3C6H6.2C4H10O.C4H10.2C2H6O.3C2H6.2B/c2*1-13-7-8-16(11-14(13)2)19(4,5)17-9-10-18(20-6)15(3)12-17;1-7-5-3-2-4-6-7;3*1-2-4-6-5-3-1;2*1-3-4-5-2;1-3-4-2;2*1-3-2;3*1-2;;/h2*7-12H,1-6H3;2-6H,1H3;3*1-6H;2*3-4H2,1-2H3;3-4H2,1-2H3;2*1-2H3;3*1-2H3;;. The first-order valence-corrected chi connectivity index (χ1v) is 32.9. The van der Waals surface area contributed by atoms with Crippen LogP contribution < -0.4 is 9.47 Å². The van der Waals surface area contributed by atoms with Gasteiger partial charge in [-0.25, -0.2) is 0 Å². The van der Waals surface area contributed by atoms with E-state index >= 15 is 0 Å². The van der Waals surface area contributed by atoms with Crippen LogP contribution in [0.3, 0.4) is 0 Å². The van der Waals surface area contributed by atoms with E-state index in [0.717, 1.165) is 37.6 Å². The lowest BCUT2D eigenvalue weighted by atomic mass is 9.77. The Hall–Kier alpha value is -6.67. The molecule has 8 rings (SSSR count). The predicted molar refractivity (Wildman–Crippen MR) is 418 cm³/mol. The summed E-state index contributed by atoms with van der Waals surface area (Å²) in [5.41, 5.74) is 14.4. The molecule has 93 heavy (non-hydrogen) atoms. The van der Waals surface area contributed by atoms with Crippen LogP contribution in [0.2, 0.25) is 0 Å². The van der Waals surface area contributed by atoms with Crippen molar-refractivity contribution in [1.29, 1.82) is 0 Å². The van der Waals surface area contributed by atoms with Crippen LogP contribution in [0.15, 0.2) is 212 Å². The second-order valence-electron chi connectivity index (χ2n) is 21.1. The first-order chi connectivity index (χ1) is 43.7. The molecule has 0 N–H and O–H groups in total. The van der Waals surface area contributed by atoms with Gasteiger partial charge < -0.3 is 28.4 Å². The molecule has 8 aromatic rings. The van der Waals surface area contributed by atoms with Gasteiger partial charge in [-0.2, -0.15) is 0 Å². The van der Waals surface area contributed by atoms with Crippen molar-refractivity contribution in [3.05, 3.63) is 274 Å². The Kier molecular flexibility index (Phi) is 80.1.